The molecule has 0 radical (unpaired) electrons. The van der Waals surface area contributed by atoms with E-state index in [0.717, 1.165) is 4.31 Å². The van der Waals surface area contributed by atoms with E-state index in [4.69, 9.17) is 30.8 Å². The van der Waals surface area contributed by atoms with Gasteiger partial charge < -0.3 is 14.4 Å². The number of pyridine rings is 1. The molecule has 44 heavy (non-hydrogen) atoms. The van der Waals surface area contributed by atoms with Crippen LogP contribution in [0, 0.1) is 17.1 Å². The average molecular weight is 649 g/mol. The number of aromatic nitrogens is 2. The average Bonchev–Trinajstić information content (AvgIpc) is 3.50. The van der Waals surface area contributed by atoms with E-state index in [0.29, 0.717) is 21.9 Å². The van der Waals surface area contributed by atoms with Crippen molar-refractivity contribution in [2.75, 3.05) is 11.4 Å². The Morgan fingerprint density at radius 3 is 2.41 bits per heavy atom. The van der Waals surface area contributed by atoms with E-state index in [1.165, 1.54) is 68.1 Å². The van der Waals surface area contributed by atoms with Crippen molar-refractivity contribution in [3.05, 3.63) is 95.7 Å². The van der Waals surface area contributed by atoms with Gasteiger partial charge in [0.25, 0.3) is 10.0 Å². The molecule has 0 spiro atoms. The van der Waals surface area contributed by atoms with Crippen molar-refractivity contribution in [1.82, 2.24) is 10.1 Å². The Morgan fingerprint density at radius 2 is 1.82 bits per heavy atom. The number of carboxylic acid groups (broad SMARTS) is 1. The number of anilines is 2. The highest BCUT2D eigenvalue weighted by molar-refractivity contribution is 7.93. The maximum atomic E-state index is 14.0. The zero-order valence-corrected chi connectivity index (χ0v) is 23.7. The summed E-state index contributed by atoms with van der Waals surface area (Å²) in [5.41, 5.74) is 1.15. The number of nitriles is 1. The van der Waals surface area contributed by atoms with Gasteiger partial charge in [-0.15, -0.1) is 0 Å². The van der Waals surface area contributed by atoms with Crippen LogP contribution >= 0.6 is 11.6 Å². The van der Waals surface area contributed by atoms with Crippen molar-refractivity contribution < 1.29 is 45.1 Å². The number of benzene rings is 3. The molecule has 0 amide bonds. The Balaban J connectivity index is 0.000000566. The SMILES string of the molecule is COc1cc(-c2cccc(F)c2)c(Cl)cc1N(c1ccon1)S(=O)(=O)c1ccc2cnc(C#N)cc2c1.O=C(O)C(F)(F)F. The standard InChI is InChI=1S/C26H16ClFN4O4S.C2HF3O2/c1-35-25-12-22(16-3-2-4-19(28)9-16)23(27)13-24(25)32(26-7-8-36-31-26)37(33,34)21-6-5-17-15-30-20(14-29)10-18(17)11-21;3-2(4,5)1(6)7/h2-13,15H,1H3;(H,6,7). The lowest BCUT2D eigenvalue weighted by Gasteiger charge is -2.24. The highest BCUT2D eigenvalue weighted by Crippen LogP contribution is 2.43. The van der Waals surface area contributed by atoms with Crippen LogP contribution in [0.5, 0.6) is 5.75 Å². The molecule has 0 atom stereocenters. The molecule has 1 N–H and O–H groups in total. The number of methoxy groups -OCH3 is 1. The van der Waals surface area contributed by atoms with E-state index >= 15 is 0 Å². The molecule has 0 unspecified atom stereocenters. The van der Waals surface area contributed by atoms with Crippen molar-refractivity contribution in [3.63, 3.8) is 0 Å². The molecule has 2 heterocycles. The van der Waals surface area contributed by atoms with E-state index in [1.54, 1.807) is 18.2 Å². The van der Waals surface area contributed by atoms with Gasteiger partial charge in [-0.25, -0.2) is 26.9 Å². The van der Waals surface area contributed by atoms with E-state index in [2.05, 4.69) is 10.1 Å². The molecule has 2 aromatic heterocycles. The number of sulfonamides is 1. The number of nitrogens with zero attached hydrogens (tertiary/aromatic N) is 4. The topological polar surface area (TPSA) is 147 Å². The number of ether oxygens (including phenoxy) is 1. The first-order valence-electron chi connectivity index (χ1n) is 12.0. The number of fused-ring (bicyclic) bond motifs is 1. The van der Waals surface area contributed by atoms with Crippen LogP contribution in [-0.2, 0) is 14.8 Å². The molecule has 0 aliphatic rings. The first-order chi connectivity index (χ1) is 20.8. The van der Waals surface area contributed by atoms with Crippen molar-refractivity contribution in [2.24, 2.45) is 0 Å². The van der Waals surface area contributed by atoms with E-state index < -0.39 is 28.0 Å². The van der Waals surface area contributed by atoms with Crippen molar-refractivity contribution in [3.8, 4) is 22.9 Å². The summed E-state index contributed by atoms with van der Waals surface area (Å²) in [4.78, 5) is 12.8. The van der Waals surface area contributed by atoms with Crippen molar-refractivity contribution in [2.45, 2.75) is 11.1 Å². The van der Waals surface area contributed by atoms with Crippen LogP contribution in [0.1, 0.15) is 5.69 Å². The lowest BCUT2D eigenvalue weighted by atomic mass is 10.0. The van der Waals surface area contributed by atoms with Crippen LogP contribution in [0.3, 0.4) is 0 Å². The van der Waals surface area contributed by atoms with Crippen LogP contribution in [0.2, 0.25) is 5.02 Å². The summed E-state index contributed by atoms with van der Waals surface area (Å²) < 4.78 is 85.1. The highest BCUT2D eigenvalue weighted by Gasteiger charge is 2.38. The van der Waals surface area contributed by atoms with E-state index in [9.17, 15) is 31.2 Å². The third-order valence-corrected chi connectivity index (χ3v) is 7.87. The quantitative estimate of drug-likeness (QED) is 0.198. The highest BCUT2D eigenvalue weighted by atomic mass is 35.5. The molecule has 0 bridgehead atoms. The molecule has 3 aromatic carbocycles. The summed E-state index contributed by atoms with van der Waals surface area (Å²) in [5, 5.41) is 21.5. The Kier molecular flexibility index (Phi) is 9.07. The zero-order chi connectivity index (χ0) is 32.2. The first kappa shape index (κ1) is 31.7. The fraction of sp³-hybridized carbons (Fsp3) is 0.0714. The van der Waals surface area contributed by atoms with Gasteiger partial charge in [0.2, 0.25) is 0 Å². The number of carboxylic acids is 1. The van der Waals surface area contributed by atoms with Gasteiger partial charge in [0.1, 0.15) is 35.3 Å². The molecular formula is C28H17ClF4N4O6S. The first-order valence-corrected chi connectivity index (χ1v) is 13.8. The normalized spacial score (nSPS) is 11.3. The summed E-state index contributed by atoms with van der Waals surface area (Å²) >= 11 is 6.58. The molecule has 10 nitrogen and oxygen atoms in total. The largest absolute Gasteiger partial charge is 0.495 e. The molecule has 226 valence electrons. The van der Waals surface area contributed by atoms with E-state index in [1.807, 2.05) is 6.07 Å². The van der Waals surface area contributed by atoms with Gasteiger partial charge >= 0.3 is 12.1 Å². The lowest BCUT2D eigenvalue weighted by molar-refractivity contribution is -0.192. The van der Waals surface area contributed by atoms with Gasteiger partial charge in [0, 0.05) is 23.2 Å². The number of halogens is 5. The molecule has 0 saturated heterocycles. The van der Waals surface area contributed by atoms with Gasteiger partial charge in [-0.3, -0.25) is 0 Å². The van der Waals surface area contributed by atoms with Crippen LogP contribution in [0.25, 0.3) is 21.9 Å². The monoisotopic (exact) mass is 648 g/mol. The summed E-state index contributed by atoms with van der Waals surface area (Å²) in [5.74, 6) is -3.10. The molecule has 5 rings (SSSR count). The fourth-order valence-electron chi connectivity index (χ4n) is 3.88. The van der Waals surface area contributed by atoms with Gasteiger partial charge in [-0.1, -0.05) is 35.0 Å². The Bertz CT molecular complexity index is 2000. The number of hydrogen-bond acceptors (Lipinski definition) is 8. The molecule has 0 aliphatic heterocycles. The van der Waals surface area contributed by atoms with Gasteiger partial charge in [-0.2, -0.15) is 18.4 Å². The van der Waals surface area contributed by atoms with E-state index in [-0.39, 0.29) is 32.9 Å². The predicted molar refractivity (Wildman–Crippen MR) is 149 cm³/mol. The third kappa shape index (κ3) is 6.72. The summed E-state index contributed by atoms with van der Waals surface area (Å²) in [6, 6.07) is 18.1. The second-order valence-corrected chi connectivity index (χ2v) is 10.8. The maximum absolute atomic E-state index is 14.0. The number of alkyl halides is 3. The van der Waals surface area contributed by atoms with Crippen molar-refractivity contribution in [1.29, 1.82) is 5.26 Å². The minimum absolute atomic E-state index is 0.0413. The Morgan fingerprint density at radius 1 is 1.09 bits per heavy atom. The second-order valence-electron chi connectivity index (χ2n) is 8.63. The van der Waals surface area contributed by atoms with Crippen LogP contribution in [0.4, 0.5) is 29.1 Å². The number of aliphatic carboxylic acids is 1. The Labute approximate surface area is 251 Å². The summed E-state index contributed by atoms with van der Waals surface area (Å²) in [7, 11) is -2.94. The molecule has 0 fully saturated rings. The van der Waals surface area contributed by atoms with Gasteiger partial charge in [0.05, 0.1) is 17.0 Å². The number of rotatable bonds is 6. The molecule has 0 aliphatic carbocycles. The third-order valence-electron chi connectivity index (χ3n) is 5.84. The Hall–Kier alpha value is -5.20. The van der Waals surface area contributed by atoms with Gasteiger partial charge in [0.15, 0.2) is 5.82 Å². The summed E-state index contributed by atoms with van der Waals surface area (Å²) in [6.07, 6.45) is -2.36. The second kappa shape index (κ2) is 12.6. The molecule has 0 saturated carbocycles. The van der Waals surface area contributed by atoms with Crippen LogP contribution in [-0.4, -0.2) is 42.9 Å². The summed E-state index contributed by atoms with van der Waals surface area (Å²) in [6.45, 7) is 0. The zero-order valence-electron chi connectivity index (χ0n) is 22.1. The molecular weight excluding hydrogens is 632 g/mol. The maximum Gasteiger partial charge on any atom is 0.490 e. The van der Waals surface area contributed by atoms with Gasteiger partial charge in [-0.05, 0) is 53.4 Å². The number of carbonyl (C=O) groups is 1. The predicted octanol–water partition coefficient (Wildman–Crippen LogP) is 6.72. The fourth-order valence-corrected chi connectivity index (χ4v) is 5.61. The minimum atomic E-state index is -5.08. The van der Waals surface area contributed by atoms with Crippen LogP contribution in [0.15, 0.2) is 88.6 Å². The lowest BCUT2D eigenvalue weighted by Crippen LogP contribution is -2.27. The number of hydrogen-bond donors (Lipinski definition) is 1. The van der Waals surface area contributed by atoms with Crippen LogP contribution < -0.4 is 9.04 Å². The molecule has 16 heteroatoms. The molecule has 5 aromatic rings. The minimum Gasteiger partial charge on any atom is -0.495 e. The smallest absolute Gasteiger partial charge is 0.490 e. The van der Waals surface area contributed by atoms with Crippen molar-refractivity contribution >= 4 is 49.9 Å².